The molecule has 0 amide bonds. The molecule has 1 heterocycles. The lowest BCUT2D eigenvalue weighted by Gasteiger charge is -2.04. The molecule has 0 N–H and O–H groups in total. The van der Waals surface area contributed by atoms with Crippen molar-refractivity contribution >= 4 is 11.8 Å². The van der Waals surface area contributed by atoms with Crippen LogP contribution in [0.1, 0.15) is 5.56 Å². The summed E-state index contributed by atoms with van der Waals surface area (Å²) in [6.07, 6.45) is 0. The van der Waals surface area contributed by atoms with Crippen molar-refractivity contribution in [3.8, 4) is 17.1 Å². The third kappa shape index (κ3) is 3.85. The van der Waals surface area contributed by atoms with Crippen molar-refractivity contribution in [3.63, 3.8) is 0 Å². The number of hydrogen-bond donors (Lipinski definition) is 0. The fourth-order valence-corrected chi connectivity index (χ4v) is 2.99. The first-order valence-electron chi connectivity index (χ1n) is 7.21. The summed E-state index contributed by atoms with van der Waals surface area (Å²) < 4.78 is 10.6. The van der Waals surface area contributed by atoms with Crippen molar-refractivity contribution in [2.45, 2.75) is 10.6 Å². The minimum atomic E-state index is -0.301. The second-order valence-corrected chi connectivity index (χ2v) is 5.97. The Labute approximate surface area is 138 Å². The molecule has 3 nitrogen and oxygen atoms in total. The Balaban J connectivity index is 1.72. The third-order valence-electron chi connectivity index (χ3n) is 3.40. The van der Waals surface area contributed by atoms with Gasteiger partial charge in [0.05, 0.1) is 12.0 Å². The summed E-state index contributed by atoms with van der Waals surface area (Å²) in [7, 11) is 1.64. The van der Waals surface area contributed by atoms with Gasteiger partial charge < -0.3 is 9.15 Å². The van der Waals surface area contributed by atoms with E-state index in [1.807, 2.05) is 66.7 Å². The van der Waals surface area contributed by atoms with Crippen LogP contribution in [0.15, 0.2) is 80.8 Å². The molecule has 0 unspecified atom stereocenters. The lowest BCUT2D eigenvalue weighted by molar-refractivity contribution is 0.414. The summed E-state index contributed by atoms with van der Waals surface area (Å²) in [5.41, 5.74) is 1.73. The standard InChI is InChI=1S/C19H16O3S/c1-21-16-9-7-14(8-10-16)13-23-18-12-11-17(22-19(18)20)15-5-3-2-4-6-15/h2-12H,13H2,1H3. The molecular weight excluding hydrogens is 308 g/mol. The molecule has 0 fully saturated rings. The molecule has 0 bridgehead atoms. The van der Waals surface area contributed by atoms with Crippen LogP contribution < -0.4 is 10.4 Å². The zero-order chi connectivity index (χ0) is 16.1. The summed E-state index contributed by atoms with van der Waals surface area (Å²) in [5.74, 6) is 2.12. The van der Waals surface area contributed by atoms with Gasteiger partial charge in [0.2, 0.25) is 0 Å². The van der Waals surface area contributed by atoms with Gasteiger partial charge in [-0.3, -0.25) is 0 Å². The van der Waals surface area contributed by atoms with Gasteiger partial charge in [-0.15, -0.1) is 11.8 Å². The van der Waals surface area contributed by atoms with Crippen molar-refractivity contribution in [1.82, 2.24) is 0 Å². The van der Waals surface area contributed by atoms with E-state index in [2.05, 4.69) is 0 Å². The fourth-order valence-electron chi connectivity index (χ4n) is 2.15. The fraction of sp³-hybridized carbons (Fsp3) is 0.105. The molecule has 23 heavy (non-hydrogen) atoms. The first-order chi connectivity index (χ1) is 11.3. The largest absolute Gasteiger partial charge is 0.497 e. The van der Waals surface area contributed by atoms with Gasteiger partial charge in [0.1, 0.15) is 11.5 Å². The van der Waals surface area contributed by atoms with Gasteiger partial charge in [0, 0.05) is 11.3 Å². The average Bonchev–Trinajstić information content (AvgIpc) is 2.62. The van der Waals surface area contributed by atoms with E-state index >= 15 is 0 Å². The van der Waals surface area contributed by atoms with Gasteiger partial charge in [-0.25, -0.2) is 4.79 Å². The Hall–Kier alpha value is -2.46. The number of thioether (sulfide) groups is 1. The molecule has 0 aliphatic carbocycles. The predicted molar refractivity (Wildman–Crippen MR) is 93.0 cm³/mol. The van der Waals surface area contributed by atoms with Gasteiger partial charge in [-0.05, 0) is 29.8 Å². The maximum absolute atomic E-state index is 12.1. The lowest BCUT2D eigenvalue weighted by atomic mass is 10.2. The van der Waals surface area contributed by atoms with E-state index in [1.165, 1.54) is 11.8 Å². The number of hydrogen-bond acceptors (Lipinski definition) is 4. The molecule has 0 aliphatic heterocycles. The van der Waals surface area contributed by atoms with Crippen LogP contribution in [-0.4, -0.2) is 7.11 Å². The van der Waals surface area contributed by atoms with E-state index in [0.717, 1.165) is 16.9 Å². The summed E-state index contributed by atoms with van der Waals surface area (Å²) in [6, 6.07) is 21.1. The highest BCUT2D eigenvalue weighted by Crippen LogP contribution is 2.24. The zero-order valence-electron chi connectivity index (χ0n) is 12.7. The highest BCUT2D eigenvalue weighted by atomic mass is 32.2. The van der Waals surface area contributed by atoms with Crippen LogP contribution in [-0.2, 0) is 5.75 Å². The van der Waals surface area contributed by atoms with Gasteiger partial charge in [-0.1, -0.05) is 42.5 Å². The van der Waals surface area contributed by atoms with Crippen molar-refractivity contribution < 1.29 is 9.15 Å². The average molecular weight is 324 g/mol. The molecular formula is C19H16O3S. The molecule has 4 heteroatoms. The maximum atomic E-state index is 12.1. The Bertz CT molecular complexity index is 823. The van der Waals surface area contributed by atoms with Gasteiger partial charge in [0.15, 0.2) is 0 Å². The van der Waals surface area contributed by atoms with Crippen molar-refractivity contribution in [1.29, 1.82) is 0 Å². The quantitative estimate of drug-likeness (QED) is 0.643. The second kappa shape index (κ2) is 7.20. The van der Waals surface area contributed by atoms with Gasteiger partial charge in [-0.2, -0.15) is 0 Å². The van der Waals surface area contributed by atoms with E-state index in [-0.39, 0.29) is 5.63 Å². The van der Waals surface area contributed by atoms with E-state index < -0.39 is 0 Å². The molecule has 3 rings (SSSR count). The molecule has 0 radical (unpaired) electrons. The Morgan fingerprint density at radius 1 is 0.957 bits per heavy atom. The summed E-state index contributed by atoms with van der Waals surface area (Å²) >= 11 is 1.47. The molecule has 0 saturated carbocycles. The monoisotopic (exact) mass is 324 g/mol. The normalized spacial score (nSPS) is 10.5. The van der Waals surface area contributed by atoms with Crippen LogP contribution in [0, 0.1) is 0 Å². The van der Waals surface area contributed by atoms with Crippen LogP contribution >= 0.6 is 11.8 Å². The van der Waals surface area contributed by atoms with Gasteiger partial charge in [0.25, 0.3) is 0 Å². The molecule has 116 valence electrons. The Morgan fingerprint density at radius 3 is 2.35 bits per heavy atom. The first kappa shape index (κ1) is 15.4. The first-order valence-corrected chi connectivity index (χ1v) is 8.20. The Kier molecular flexibility index (Phi) is 4.83. The van der Waals surface area contributed by atoms with Crippen molar-refractivity contribution in [3.05, 3.63) is 82.7 Å². The number of ether oxygens (including phenoxy) is 1. The van der Waals surface area contributed by atoms with Crippen LogP contribution in [0.3, 0.4) is 0 Å². The summed E-state index contributed by atoms with van der Waals surface area (Å²) in [5, 5.41) is 0. The molecule has 0 atom stereocenters. The number of rotatable bonds is 5. The molecule has 1 aromatic heterocycles. The SMILES string of the molecule is COc1ccc(CSc2ccc(-c3ccccc3)oc2=O)cc1. The Morgan fingerprint density at radius 2 is 1.70 bits per heavy atom. The van der Waals surface area contributed by atoms with Crippen molar-refractivity contribution in [2.24, 2.45) is 0 Å². The van der Waals surface area contributed by atoms with Crippen molar-refractivity contribution in [2.75, 3.05) is 7.11 Å². The second-order valence-electron chi connectivity index (χ2n) is 4.95. The number of methoxy groups -OCH3 is 1. The number of benzene rings is 2. The molecule has 0 saturated heterocycles. The molecule has 2 aromatic carbocycles. The minimum Gasteiger partial charge on any atom is -0.497 e. The van der Waals surface area contributed by atoms with Crippen LogP contribution in [0.2, 0.25) is 0 Å². The minimum absolute atomic E-state index is 0.301. The van der Waals surface area contributed by atoms with E-state index in [0.29, 0.717) is 16.4 Å². The van der Waals surface area contributed by atoms with E-state index in [9.17, 15) is 4.79 Å². The smallest absolute Gasteiger partial charge is 0.350 e. The maximum Gasteiger partial charge on any atom is 0.350 e. The zero-order valence-corrected chi connectivity index (χ0v) is 13.5. The summed E-state index contributed by atoms with van der Waals surface area (Å²) in [4.78, 5) is 12.7. The van der Waals surface area contributed by atoms with Crippen LogP contribution in [0.5, 0.6) is 5.75 Å². The highest BCUT2D eigenvalue weighted by Gasteiger charge is 2.06. The highest BCUT2D eigenvalue weighted by molar-refractivity contribution is 7.98. The lowest BCUT2D eigenvalue weighted by Crippen LogP contribution is -2.02. The molecule has 0 aliphatic rings. The van der Waals surface area contributed by atoms with E-state index in [4.69, 9.17) is 9.15 Å². The van der Waals surface area contributed by atoms with Crippen LogP contribution in [0.4, 0.5) is 0 Å². The molecule has 3 aromatic rings. The van der Waals surface area contributed by atoms with E-state index in [1.54, 1.807) is 7.11 Å². The van der Waals surface area contributed by atoms with Crippen LogP contribution in [0.25, 0.3) is 11.3 Å². The van der Waals surface area contributed by atoms with Gasteiger partial charge >= 0.3 is 5.63 Å². The summed E-state index contributed by atoms with van der Waals surface area (Å²) in [6.45, 7) is 0. The predicted octanol–water partition coefficient (Wildman–Crippen LogP) is 4.61. The third-order valence-corrected chi connectivity index (χ3v) is 4.49. The molecule has 0 spiro atoms. The topological polar surface area (TPSA) is 39.4 Å².